The van der Waals surface area contributed by atoms with Crippen molar-refractivity contribution in [3.05, 3.63) is 70.3 Å². The molecule has 0 saturated carbocycles. The Balaban J connectivity index is 1.96. The lowest BCUT2D eigenvalue weighted by atomic mass is 10.2. The Hall–Kier alpha value is -3.15. The van der Waals surface area contributed by atoms with Crippen LogP contribution in [0.15, 0.2) is 59.5 Å². The highest BCUT2D eigenvalue weighted by Crippen LogP contribution is 2.17. The lowest BCUT2D eigenvalue weighted by Crippen LogP contribution is -2.32. The molecule has 0 aliphatic carbocycles. The summed E-state index contributed by atoms with van der Waals surface area (Å²) in [5.74, 6) is -0.527. The molecule has 2 N–H and O–H groups in total. The molecule has 29 heavy (non-hydrogen) atoms. The molecule has 0 unspecified atom stereocenters. The number of carbonyl (C=O) groups is 1. The van der Waals surface area contributed by atoms with Crippen LogP contribution in [0.5, 0.6) is 0 Å². The van der Waals surface area contributed by atoms with Crippen LogP contribution in [0.4, 0.5) is 11.4 Å². The van der Waals surface area contributed by atoms with Crippen LogP contribution in [0.3, 0.4) is 0 Å². The van der Waals surface area contributed by atoms with E-state index in [1.165, 1.54) is 68.7 Å². The van der Waals surface area contributed by atoms with Gasteiger partial charge in [-0.1, -0.05) is 12.1 Å². The van der Waals surface area contributed by atoms with E-state index in [0.717, 1.165) is 4.31 Å². The van der Waals surface area contributed by atoms with E-state index < -0.39 is 20.9 Å². The van der Waals surface area contributed by atoms with Crippen molar-refractivity contribution in [2.45, 2.75) is 4.90 Å². The number of sulfonamides is 1. The summed E-state index contributed by atoms with van der Waals surface area (Å²) in [7, 11) is -0.656. The second-order valence-corrected chi connectivity index (χ2v) is 8.50. The average molecular weight is 434 g/mol. The maximum absolute atomic E-state index is 12.0. The van der Waals surface area contributed by atoms with Gasteiger partial charge in [0.05, 0.1) is 9.82 Å². The molecule has 0 spiro atoms. The molecule has 1 amide bonds. The highest BCUT2D eigenvalue weighted by atomic mass is 32.2. The number of non-ortho nitro benzene ring substituents is 1. The van der Waals surface area contributed by atoms with Gasteiger partial charge in [-0.15, -0.1) is 0 Å². The quantitative estimate of drug-likeness (QED) is 0.310. The van der Waals surface area contributed by atoms with Crippen LogP contribution in [-0.2, 0) is 14.8 Å². The first kappa shape index (κ1) is 22.1. The molecule has 0 fully saturated rings. The number of benzene rings is 2. The zero-order valence-corrected chi connectivity index (χ0v) is 17.2. The molecule has 0 aliphatic rings. The number of rotatable bonds is 6. The zero-order valence-electron chi connectivity index (χ0n) is 15.5. The Morgan fingerprint density at radius 2 is 1.83 bits per heavy atom. The summed E-state index contributed by atoms with van der Waals surface area (Å²) in [6, 6.07) is 11.7. The van der Waals surface area contributed by atoms with Crippen molar-refractivity contribution in [1.29, 1.82) is 0 Å². The maximum atomic E-state index is 12.0. The Morgan fingerprint density at radius 3 is 2.41 bits per heavy atom. The highest BCUT2D eigenvalue weighted by Gasteiger charge is 2.16. The molecule has 152 valence electrons. The van der Waals surface area contributed by atoms with E-state index in [4.69, 9.17) is 12.2 Å². The number of anilines is 1. The van der Waals surface area contributed by atoms with Crippen LogP contribution in [0, 0.1) is 10.1 Å². The molecular weight excluding hydrogens is 416 g/mol. The summed E-state index contributed by atoms with van der Waals surface area (Å²) in [6.07, 6.45) is 2.62. The standard InChI is InChI=1S/C18H18N4O5S2/c1-21(2)29(26,27)16-9-7-14(8-10-16)19-18(28)20-17(23)11-6-13-4-3-5-15(12-13)22(24)25/h3-12H,1-2H3,(H2,19,20,23,28)/b11-6+. The molecule has 9 nitrogen and oxygen atoms in total. The first-order valence-corrected chi connectivity index (χ1v) is 10.0. The summed E-state index contributed by atoms with van der Waals surface area (Å²) in [6.45, 7) is 0. The van der Waals surface area contributed by atoms with Crippen LogP contribution in [0.1, 0.15) is 5.56 Å². The fourth-order valence-electron chi connectivity index (χ4n) is 2.15. The summed E-state index contributed by atoms with van der Waals surface area (Å²) in [5, 5.41) is 16.0. The molecule has 2 rings (SSSR count). The van der Waals surface area contributed by atoms with Gasteiger partial charge in [0, 0.05) is 38.0 Å². The number of carbonyl (C=O) groups excluding carboxylic acids is 1. The van der Waals surface area contributed by atoms with Crippen molar-refractivity contribution in [1.82, 2.24) is 9.62 Å². The first-order chi connectivity index (χ1) is 13.6. The molecular formula is C18H18N4O5S2. The van der Waals surface area contributed by atoms with E-state index in [-0.39, 0.29) is 15.7 Å². The molecule has 0 aliphatic heterocycles. The van der Waals surface area contributed by atoms with Gasteiger partial charge < -0.3 is 5.32 Å². The van der Waals surface area contributed by atoms with Crippen molar-refractivity contribution in [3.63, 3.8) is 0 Å². The van der Waals surface area contributed by atoms with Gasteiger partial charge in [0.1, 0.15) is 0 Å². The summed E-state index contributed by atoms with van der Waals surface area (Å²) < 4.78 is 25.2. The number of thiocarbonyl (C=S) groups is 1. The number of hydrogen-bond acceptors (Lipinski definition) is 6. The summed E-state index contributed by atoms with van der Waals surface area (Å²) in [5.41, 5.74) is 0.908. The second kappa shape index (κ2) is 9.37. The average Bonchev–Trinajstić information content (AvgIpc) is 2.66. The van der Waals surface area contributed by atoms with E-state index in [0.29, 0.717) is 11.3 Å². The third-order valence-electron chi connectivity index (χ3n) is 3.64. The minimum atomic E-state index is -3.53. The van der Waals surface area contributed by atoms with E-state index in [2.05, 4.69) is 10.6 Å². The first-order valence-electron chi connectivity index (χ1n) is 8.16. The third-order valence-corrected chi connectivity index (χ3v) is 5.67. The second-order valence-electron chi connectivity index (χ2n) is 5.94. The van der Waals surface area contributed by atoms with Crippen molar-refractivity contribution >= 4 is 50.7 Å². The van der Waals surface area contributed by atoms with Crippen molar-refractivity contribution in [2.75, 3.05) is 19.4 Å². The van der Waals surface area contributed by atoms with E-state index in [1.807, 2.05) is 0 Å². The van der Waals surface area contributed by atoms with E-state index in [9.17, 15) is 23.3 Å². The van der Waals surface area contributed by atoms with Gasteiger partial charge >= 0.3 is 0 Å². The number of nitrogens with one attached hydrogen (secondary N) is 2. The van der Waals surface area contributed by atoms with Crippen molar-refractivity contribution < 1.29 is 18.1 Å². The Labute approximate surface area is 173 Å². The van der Waals surface area contributed by atoms with E-state index in [1.54, 1.807) is 6.07 Å². The van der Waals surface area contributed by atoms with Crippen molar-refractivity contribution in [3.8, 4) is 0 Å². The minimum absolute atomic E-state index is 0.0157. The molecule has 0 aromatic heterocycles. The van der Waals surface area contributed by atoms with Gasteiger partial charge in [0.25, 0.3) is 5.69 Å². The van der Waals surface area contributed by atoms with Crippen LogP contribution in [0.25, 0.3) is 6.08 Å². The van der Waals surface area contributed by atoms with Gasteiger partial charge in [-0.3, -0.25) is 20.2 Å². The van der Waals surface area contributed by atoms with Crippen LogP contribution in [0.2, 0.25) is 0 Å². The SMILES string of the molecule is CN(C)S(=O)(=O)c1ccc(NC(=S)NC(=O)/C=C/c2cccc([N+](=O)[O-])c2)cc1. The Kier molecular flexibility index (Phi) is 7.15. The van der Waals surface area contributed by atoms with Crippen LogP contribution in [-0.4, -0.2) is 42.8 Å². The number of nitro groups is 1. The lowest BCUT2D eigenvalue weighted by molar-refractivity contribution is -0.384. The molecule has 0 heterocycles. The molecule has 11 heteroatoms. The van der Waals surface area contributed by atoms with Gasteiger partial charge in [0.2, 0.25) is 15.9 Å². The van der Waals surface area contributed by atoms with Crippen molar-refractivity contribution in [2.24, 2.45) is 0 Å². The summed E-state index contributed by atoms with van der Waals surface area (Å²) in [4.78, 5) is 22.3. The van der Waals surface area contributed by atoms with Gasteiger partial charge in [-0.2, -0.15) is 0 Å². The molecule has 2 aromatic rings. The smallest absolute Gasteiger partial charge is 0.270 e. The van der Waals surface area contributed by atoms with Gasteiger partial charge in [-0.25, -0.2) is 12.7 Å². The van der Waals surface area contributed by atoms with Crippen LogP contribution >= 0.6 is 12.2 Å². The third kappa shape index (κ3) is 6.17. The maximum Gasteiger partial charge on any atom is 0.270 e. The highest BCUT2D eigenvalue weighted by molar-refractivity contribution is 7.89. The number of hydrogen-bond donors (Lipinski definition) is 2. The predicted octanol–water partition coefficient (Wildman–Crippen LogP) is 2.37. The Morgan fingerprint density at radius 1 is 1.17 bits per heavy atom. The molecule has 0 bridgehead atoms. The minimum Gasteiger partial charge on any atom is -0.332 e. The number of amides is 1. The molecule has 0 saturated heterocycles. The molecule has 0 atom stereocenters. The normalized spacial score (nSPS) is 11.4. The topological polar surface area (TPSA) is 122 Å². The molecule has 0 radical (unpaired) electrons. The number of nitrogens with zero attached hydrogens (tertiary/aromatic N) is 2. The van der Waals surface area contributed by atoms with E-state index >= 15 is 0 Å². The van der Waals surface area contributed by atoms with Gasteiger partial charge in [-0.05, 0) is 48.1 Å². The zero-order chi connectivity index (χ0) is 21.6. The fraction of sp³-hybridized carbons (Fsp3) is 0.111. The summed E-state index contributed by atoms with van der Waals surface area (Å²) >= 11 is 5.05. The molecule has 2 aromatic carbocycles. The monoisotopic (exact) mass is 434 g/mol. The number of nitro benzene ring substituents is 1. The Bertz CT molecular complexity index is 1060. The van der Waals surface area contributed by atoms with Gasteiger partial charge in [0.15, 0.2) is 5.11 Å². The fourth-order valence-corrected chi connectivity index (χ4v) is 3.27. The predicted molar refractivity (Wildman–Crippen MR) is 114 cm³/mol. The lowest BCUT2D eigenvalue weighted by Gasteiger charge is -2.12. The van der Waals surface area contributed by atoms with Crippen LogP contribution < -0.4 is 10.6 Å². The largest absolute Gasteiger partial charge is 0.332 e.